The second-order valence-electron chi connectivity index (χ2n) is 6.74. The van der Waals surface area contributed by atoms with Crippen molar-refractivity contribution in [2.75, 3.05) is 0 Å². The molecule has 2 saturated carbocycles. The van der Waals surface area contributed by atoms with Gasteiger partial charge in [0, 0.05) is 0 Å². The molecular formula is C15H26O. The molecule has 92 valence electrons. The largest absolute Gasteiger partial charge is 0.390 e. The van der Waals surface area contributed by atoms with E-state index < -0.39 is 5.60 Å². The highest BCUT2D eigenvalue weighted by atomic mass is 16.3. The molecule has 0 radical (unpaired) electrons. The zero-order valence-electron chi connectivity index (χ0n) is 11.1. The first-order chi connectivity index (χ1) is 7.34. The molecule has 0 heterocycles. The van der Waals surface area contributed by atoms with Crippen LogP contribution in [0.15, 0.2) is 12.2 Å². The van der Waals surface area contributed by atoms with Crippen LogP contribution >= 0.6 is 0 Å². The molecule has 1 heteroatoms. The van der Waals surface area contributed by atoms with Gasteiger partial charge < -0.3 is 5.11 Å². The topological polar surface area (TPSA) is 20.2 Å². The van der Waals surface area contributed by atoms with Gasteiger partial charge in [0.1, 0.15) is 0 Å². The lowest BCUT2D eigenvalue weighted by atomic mass is 9.54. The first-order valence-electron chi connectivity index (χ1n) is 6.74. The summed E-state index contributed by atoms with van der Waals surface area (Å²) < 4.78 is 0. The van der Waals surface area contributed by atoms with Crippen LogP contribution in [0.25, 0.3) is 0 Å². The molecule has 0 aliphatic heterocycles. The molecule has 0 unspecified atom stereocenters. The SMILES string of the molecule is C=C1CCC[C@@H]2CC[C@@H](C(C)(C)O)C[C@]12C. The number of rotatable bonds is 1. The molecule has 0 saturated heterocycles. The summed E-state index contributed by atoms with van der Waals surface area (Å²) in [5.74, 6) is 1.27. The van der Waals surface area contributed by atoms with E-state index in [1.807, 2.05) is 13.8 Å². The Labute approximate surface area is 99.9 Å². The van der Waals surface area contributed by atoms with E-state index in [1.54, 1.807) is 0 Å². The van der Waals surface area contributed by atoms with Gasteiger partial charge in [-0.15, -0.1) is 0 Å². The summed E-state index contributed by atoms with van der Waals surface area (Å²) in [6.07, 6.45) is 7.51. The van der Waals surface area contributed by atoms with Crippen molar-refractivity contribution in [1.82, 2.24) is 0 Å². The van der Waals surface area contributed by atoms with Gasteiger partial charge in [0.2, 0.25) is 0 Å². The molecule has 3 atom stereocenters. The molecule has 2 fully saturated rings. The highest BCUT2D eigenvalue weighted by Gasteiger charge is 2.46. The Morgan fingerprint density at radius 3 is 2.62 bits per heavy atom. The maximum Gasteiger partial charge on any atom is 0.0620 e. The molecule has 2 aliphatic rings. The smallest absolute Gasteiger partial charge is 0.0620 e. The maximum atomic E-state index is 10.2. The fourth-order valence-corrected chi connectivity index (χ4v) is 3.85. The second-order valence-corrected chi connectivity index (χ2v) is 6.74. The van der Waals surface area contributed by atoms with Crippen LogP contribution in [0.1, 0.15) is 59.3 Å². The van der Waals surface area contributed by atoms with Gasteiger partial charge in [0.05, 0.1) is 5.60 Å². The summed E-state index contributed by atoms with van der Waals surface area (Å²) in [6, 6.07) is 0. The molecule has 2 aliphatic carbocycles. The molecule has 0 aromatic heterocycles. The minimum atomic E-state index is -0.522. The lowest BCUT2D eigenvalue weighted by Gasteiger charge is -2.51. The van der Waals surface area contributed by atoms with E-state index in [-0.39, 0.29) is 0 Å². The Balaban J connectivity index is 2.18. The Bertz CT molecular complexity index is 286. The summed E-state index contributed by atoms with van der Waals surface area (Å²) in [5.41, 5.74) is 1.23. The Kier molecular flexibility index (Phi) is 2.94. The van der Waals surface area contributed by atoms with Gasteiger partial charge in [-0.3, -0.25) is 0 Å². The van der Waals surface area contributed by atoms with Crippen LogP contribution in [0.2, 0.25) is 0 Å². The average Bonchev–Trinajstić information content (AvgIpc) is 2.17. The third kappa shape index (κ3) is 1.95. The van der Waals surface area contributed by atoms with Crippen molar-refractivity contribution in [3.63, 3.8) is 0 Å². The fraction of sp³-hybridized carbons (Fsp3) is 0.867. The minimum absolute atomic E-state index is 0.307. The van der Waals surface area contributed by atoms with Crippen LogP contribution < -0.4 is 0 Å². The monoisotopic (exact) mass is 222 g/mol. The molecular weight excluding hydrogens is 196 g/mol. The van der Waals surface area contributed by atoms with Gasteiger partial charge in [0.25, 0.3) is 0 Å². The standard InChI is InChI=1S/C15H26O/c1-11-6-5-7-12-8-9-13(14(2,3)16)10-15(11,12)4/h12-13,16H,1,5-10H2,2-4H3/t12-,13-,15-/m1/s1. The summed E-state index contributed by atoms with van der Waals surface area (Å²) >= 11 is 0. The van der Waals surface area contributed by atoms with Crippen LogP contribution in [-0.2, 0) is 0 Å². The van der Waals surface area contributed by atoms with Crippen LogP contribution in [0.4, 0.5) is 0 Å². The van der Waals surface area contributed by atoms with Crippen molar-refractivity contribution in [3.8, 4) is 0 Å². The van der Waals surface area contributed by atoms with E-state index in [4.69, 9.17) is 0 Å². The van der Waals surface area contributed by atoms with Crippen molar-refractivity contribution in [3.05, 3.63) is 12.2 Å². The van der Waals surface area contributed by atoms with Gasteiger partial charge in [-0.1, -0.05) is 19.1 Å². The van der Waals surface area contributed by atoms with Crippen molar-refractivity contribution in [2.24, 2.45) is 17.3 Å². The zero-order chi connectivity index (χ0) is 12.0. The summed E-state index contributed by atoms with van der Waals surface area (Å²) in [7, 11) is 0. The van der Waals surface area contributed by atoms with Gasteiger partial charge >= 0.3 is 0 Å². The number of hydrogen-bond donors (Lipinski definition) is 1. The Hall–Kier alpha value is -0.300. The van der Waals surface area contributed by atoms with E-state index in [1.165, 1.54) is 37.7 Å². The van der Waals surface area contributed by atoms with Crippen LogP contribution in [0.5, 0.6) is 0 Å². The first-order valence-corrected chi connectivity index (χ1v) is 6.74. The maximum absolute atomic E-state index is 10.2. The van der Waals surface area contributed by atoms with E-state index in [0.717, 1.165) is 12.3 Å². The quantitative estimate of drug-likeness (QED) is 0.667. The average molecular weight is 222 g/mol. The summed E-state index contributed by atoms with van der Waals surface area (Å²) in [5, 5.41) is 10.2. The van der Waals surface area contributed by atoms with E-state index in [2.05, 4.69) is 13.5 Å². The van der Waals surface area contributed by atoms with Gasteiger partial charge in [0.15, 0.2) is 0 Å². The molecule has 16 heavy (non-hydrogen) atoms. The number of allylic oxidation sites excluding steroid dienone is 1. The highest BCUT2D eigenvalue weighted by molar-refractivity contribution is 5.16. The molecule has 0 aromatic carbocycles. The number of aliphatic hydroxyl groups is 1. The Morgan fingerprint density at radius 2 is 2.00 bits per heavy atom. The highest BCUT2D eigenvalue weighted by Crippen LogP contribution is 2.55. The first kappa shape index (κ1) is 12.2. The molecule has 1 N–H and O–H groups in total. The summed E-state index contributed by atoms with van der Waals surface area (Å²) in [4.78, 5) is 0. The molecule has 0 amide bonds. The van der Waals surface area contributed by atoms with E-state index in [0.29, 0.717) is 11.3 Å². The molecule has 0 bridgehead atoms. The number of fused-ring (bicyclic) bond motifs is 1. The van der Waals surface area contributed by atoms with Crippen molar-refractivity contribution < 1.29 is 5.11 Å². The van der Waals surface area contributed by atoms with Gasteiger partial charge in [-0.2, -0.15) is 0 Å². The Morgan fingerprint density at radius 1 is 1.31 bits per heavy atom. The molecule has 0 aromatic rings. The van der Waals surface area contributed by atoms with Crippen molar-refractivity contribution >= 4 is 0 Å². The van der Waals surface area contributed by atoms with Crippen molar-refractivity contribution in [1.29, 1.82) is 0 Å². The molecule has 2 rings (SSSR count). The molecule has 1 nitrogen and oxygen atoms in total. The van der Waals surface area contributed by atoms with Gasteiger partial charge in [-0.05, 0) is 69.6 Å². The van der Waals surface area contributed by atoms with E-state index >= 15 is 0 Å². The normalized spacial score (nSPS) is 40.6. The molecule has 0 spiro atoms. The second kappa shape index (κ2) is 3.87. The van der Waals surface area contributed by atoms with E-state index in [9.17, 15) is 5.11 Å². The minimum Gasteiger partial charge on any atom is -0.390 e. The predicted octanol–water partition coefficient (Wildman–Crippen LogP) is 3.92. The fourth-order valence-electron chi connectivity index (χ4n) is 3.85. The predicted molar refractivity (Wildman–Crippen MR) is 68.2 cm³/mol. The third-order valence-corrected chi connectivity index (χ3v) is 5.27. The van der Waals surface area contributed by atoms with Crippen LogP contribution in [0.3, 0.4) is 0 Å². The van der Waals surface area contributed by atoms with Crippen molar-refractivity contribution in [2.45, 2.75) is 64.9 Å². The number of hydrogen-bond acceptors (Lipinski definition) is 1. The lowest BCUT2D eigenvalue weighted by Crippen LogP contribution is -2.44. The zero-order valence-corrected chi connectivity index (χ0v) is 11.1. The lowest BCUT2D eigenvalue weighted by molar-refractivity contribution is -0.0425. The third-order valence-electron chi connectivity index (χ3n) is 5.27. The van der Waals surface area contributed by atoms with Crippen LogP contribution in [0, 0.1) is 17.3 Å². The summed E-state index contributed by atoms with van der Waals surface area (Å²) in [6.45, 7) is 10.6. The van der Waals surface area contributed by atoms with Crippen LogP contribution in [-0.4, -0.2) is 10.7 Å². The van der Waals surface area contributed by atoms with Gasteiger partial charge in [-0.25, -0.2) is 0 Å².